The molecule has 0 aliphatic carbocycles. The van der Waals surface area contributed by atoms with Crippen molar-refractivity contribution in [1.29, 1.82) is 0 Å². The molecule has 0 aliphatic rings. The summed E-state index contributed by atoms with van der Waals surface area (Å²) in [6, 6.07) is 15.8. The van der Waals surface area contributed by atoms with Crippen LogP contribution in [0.25, 0.3) is 0 Å². The van der Waals surface area contributed by atoms with Gasteiger partial charge in [0.25, 0.3) is 0 Å². The van der Waals surface area contributed by atoms with Gasteiger partial charge in [0.1, 0.15) is 12.4 Å². The van der Waals surface area contributed by atoms with E-state index in [0.29, 0.717) is 13.2 Å². The number of ether oxygens (including phenoxy) is 2. The first kappa shape index (κ1) is 15.8. The van der Waals surface area contributed by atoms with Crippen LogP contribution in [0.2, 0.25) is 5.02 Å². The van der Waals surface area contributed by atoms with E-state index in [0.717, 1.165) is 35.0 Å². The molecule has 0 fully saturated rings. The Balaban J connectivity index is 1.93. The highest BCUT2D eigenvalue weighted by Crippen LogP contribution is 2.20. The first-order valence-corrected chi connectivity index (χ1v) is 7.32. The van der Waals surface area contributed by atoms with Gasteiger partial charge in [0, 0.05) is 30.8 Å². The molecule has 0 heterocycles. The van der Waals surface area contributed by atoms with Gasteiger partial charge in [-0.1, -0.05) is 41.9 Å². The van der Waals surface area contributed by atoms with Gasteiger partial charge in [-0.15, -0.1) is 0 Å². The normalized spacial score (nSPS) is 10.6. The van der Waals surface area contributed by atoms with Crippen molar-refractivity contribution in [3.63, 3.8) is 0 Å². The molecule has 0 spiro atoms. The van der Waals surface area contributed by atoms with Gasteiger partial charge >= 0.3 is 0 Å². The van der Waals surface area contributed by atoms with Crippen molar-refractivity contribution in [2.75, 3.05) is 20.3 Å². The van der Waals surface area contributed by atoms with Crippen molar-refractivity contribution in [3.05, 3.63) is 64.7 Å². The second kappa shape index (κ2) is 8.67. The summed E-state index contributed by atoms with van der Waals surface area (Å²) in [5, 5.41) is 4.05. The van der Waals surface area contributed by atoms with Crippen molar-refractivity contribution in [2.45, 2.75) is 13.2 Å². The van der Waals surface area contributed by atoms with Crippen LogP contribution in [0.15, 0.2) is 48.5 Å². The van der Waals surface area contributed by atoms with Crippen LogP contribution in [0.4, 0.5) is 0 Å². The lowest BCUT2D eigenvalue weighted by molar-refractivity contribution is 0.199. The minimum Gasteiger partial charge on any atom is -0.489 e. The van der Waals surface area contributed by atoms with Crippen LogP contribution in [0, 0.1) is 0 Å². The van der Waals surface area contributed by atoms with Gasteiger partial charge in [-0.3, -0.25) is 0 Å². The van der Waals surface area contributed by atoms with Gasteiger partial charge in [-0.2, -0.15) is 0 Å². The fourth-order valence-electron chi connectivity index (χ4n) is 1.98. The summed E-state index contributed by atoms with van der Waals surface area (Å²) in [6.45, 7) is 2.79. The molecule has 0 amide bonds. The van der Waals surface area contributed by atoms with Crippen molar-refractivity contribution < 1.29 is 9.47 Å². The summed E-state index contributed by atoms with van der Waals surface area (Å²) in [5.41, 5.74) is 2.19. The summed E-state index contributed by atoms with van der Waals surface area (Å²) in [5.74, 6) is 0.891. The van der Waals surface area contributed by atoms with E-state index < -0.39 is 0 Å². The molecule has 3 nitrogen and oxygen atoms in total. The van der Waals surface area contributed by atoms with Crippen LogP contribution in [-0.2, 0) is 17.9 Å². The first-order chi connectivity index (χ1) is 10.3. The van der Waals surface area contributed by atoms with E-state index in [1.807, 2.05) is 42.5 Å². The third-order valence-electron chi connectivity index (χ3n) is 3.05. The van der Waals surface area contributed by atoms with Crippen molar-refractivity contribution in [1.82, 2.24) is 5.32 Å². The maximum Gasteiger partial charge on any atom is 0.124 e. The molecule has 0 saturated carbocycles. The van der Waals surface area contributed by atoms with E-state index in [4.69, 9.17) is 21.1 Å². The van der Waals surface area contributed by atoms with E-state index in [-0.39, 0.29) is 0 Å². The monoisotopic (exact) mass is 305 g/mol. The molecule has 21 heavy (non-hydrogen) atoms. The zero-order valence-corrected chi connectivity index (χ0v) is 12.9. The topological polar surface area (TPSA) is 30.5 Å². The fourth-order valence-corrected chi connectivity index (χ4v) is 2.19. The molecule has 112 valence electrons. The smallest absolute Gasteiger partial charge is 0.124 e. The van der Waals surface area contributed by atoms with E-state index in [9.17, 15) is 0 Å². The van der Waals surface area contributed by atoms with Crippen LogP contribution in [0.5, 0.6) is 5.75 Å². The standard InChI is InChI=1S/C17H20ClNO2/c1-20-10-9-19-12-15-6-2-3-8-17(15)21-13-14-5-4-7-16(18)11-14/h2-8,11,19H,9-10,12-13H2,1H3. The molecule has 2 rings (SSSR count). The van der Waals surface area contributed by atoms with Crippen LogP contribution in [0.3, 0.4) is 0 Å². The minimum absolute atomic E-state index is 0.510. The highest BCUT2D eigenvalue weighted by molar-refractivity contribution is 6.30. The van der Waals surface area contributed by atoms with Crippen molar-refractivity contribution in [3.8, 4) is 5.75 Å². The van der Waals surface area contributed by atoms with Crippen LogP contribution in [0.1, 0.15) is 11.1 Å². The summed E-state index contributed by atoms with van der Waals surface area (Å²) in [4.78, 5) is 0. The number of benzene rings is 2. The van der Waals surface area contributed by atoms with Gasteiger partial charge in [0.2, 0.25) is 0 Å². The van der Waals surface area contributed by atoms with E-state index in [2.05, 4.69) is 11.4 Å². The molecule has 0 radical (unpaired) electrons. The fraction of sp³-hybridized carbons (Fsp3) is 0.294. The van der Waals surface area contributed by atoms with Crippen LogP contribution < -0.4 is 10.1 Å². The van der Waals surface area contributed by atoms with Crippen molar-refractivity contribution >= 4 is 11.6 Å². The Labute approximate surface area is 130 Å². The molecule has 0 unspecified atom stereocenters. The second-order valence-corrected chi connectivity index (χ2v) is 5.13. The molecule has 1 N–H and O–H groups in total. The Hall–Kier alpha value is -1.55. The average Bonchev–Trinajstić information content (AvgIpc) is 2.50. The summed E-state index contributed by atoms with van der Waals surface area (Å²) >= 11 is 5.98. The lowest BCUT2D eigenvalue weighted by Gasteiger charge is -2.12. The third-order valence-corrected chi connectivity index (χ3v) is 3.29. The predicted molar refractivity (Wildman–Crippen MR) is 85.8 cm³/mol. The molecule has 2 aromatic rings. The zero-order chi connectivity index (χ0) is 14.9. The molecule has 0 saturated heterocycles. The maximum absolute atomic E-state index is 5.98. The Morgan fingerprint density at radius 3 is 2.76 bits per heavy atom. The number of hydrogen-bond acceptors (Lipinski definition) is 3. The third kappa shape index (κ3) is 5.38. The molecular weight excluding hydrogens is 286 g/mol. The lowest BCUT2D eigenvalue weighted by Crippen LogP contribution is -2.19. The van der Waals surface area contributed by atoms with Crippen LogP contribution >= 0.6 is 11.6 Å². The SMILES string of the molecule is COCCNCc1ccccc1OCc1cccc(Cl)c1. The molecule has 0 aliphatic heterocycles. The maximum atomic E-state index is 5.98. The summed E-state index contributed by atoms with van der Waals surface area (Å²) in [6.07, 6.45) is 0. The minimum atomic E-state index is 0.510. The van der Waals surface area contributed by atoms with Crippen molar-refractivity contribution in [2.24, 2.45) is 0 Å². The van der Waals surface area contributed by atoms with E-state index in [1.54, 1.807) is 7.11 Å². The average molecular weight is 306 g/mol. The lowest BCUT2D eigenvalue weighted by atomic mass is 10.2. The number of halogens is 1. The second-order valence-electron chi connectivity index (χ2n) is 4.70. The molecule has 0 atom stereocenters. The number of rotatable bonds is 8. The molecule has 4 heteroatoms. The summed E-state index contributed by atoms with van der Waals surface area (Å²) < 4.78 is 10.9. The van der Waals surface area contributed by atoms with Gasteiger partial charge in [-0.05, 0) is 23.8 Å². The van der Waals surface area contributed by atoms with Gasteiger partial charge in [-0.25, -0.2) is 0 Å². The number of hydrogen-bond donors (Lipinski definition) is 1. The molecule has 0 bridgehead atoms. The van der Waals surface area contributed by atoms with Gasteiger partial charge in [0.15, 0.2) is 0 Å². The summed E-state index contributed by atoms with van der Waals surface area (Å²) in [7, 11) is 1.70. The largest absolute Gasteiger partial charge is 0.489 e. The van der Waals surface area contributed by atoms with Crippen LogP contribution in [-0.4, -0.2) is 20.3 Å². The quantitative estimate of drug-likeness (QED) is 0.755. The number of nitrogens with one attached hydrogen (secondary N) is 1. The Bertz CT molecular complexity index is 560. The van der Waals surface area contributed by atoms with E-state index >= 15 is 0 Å². The molecule has 2 aromatic carbocycles. The highest BCUT2D eigenvalue weighted by atomic mass is 35.5. The van der Waals surface area contributed by atoms with Gasteiger partial charge in [0.05, 0.1) is 6.61 Å². The zero-order valence-electron chi connectivity index (χ0n) is 12.1. The molecule has 0 aromatic heterocycles. The highest BCUT2D eigenvalue weighted by Gasteiger charge is 2.03. The Kier molecular flexibility index (Phi) is 6.54. The Morgan fingerprint density at radius 1 is 1.10 bits per heavy atom. The number of para-hydroxylation sites is 1. The number of methoxy groups -OCH3 is 1. The van der Waals surface area contributed by atoms with Gasteiger partial charge < -0.3 is 14.8 Å². The molecular formula is C17H20ClNO2. The van der Waals surface area contributed by atoms with E-state index in [1.165, 1.54) is 0 Å². The Morgan fingerprint density at radius 2 is 1.95 bits per heavy atom. The predicted octanol–water partition coefficient (Wildman–Crippen LogP) is 3.66. The first-order valence-electron chi connectivity index (χ1n) is 6.94.